The summed E-state index contributed by atoms with van der Waals surface area (Å²) in [4.78, 5) is 24.1. The number of cyclic esters (lactones) is 1. The highest BCUT2D eigenvalue weighted by Gasteiger charge is 2.48. The Labute approximate surface area is 327 Å². The molecule has 6 rings (SSSR count). The molecule has 0 saturated heterocycles. The highest BCUT2D eigenvalue weighted by molar-refractivity contribution is 7.00. The maximum absolute atomic E-state index is 14.8. The zero-order valence-electron chi connectivity index (χ0n) is 32.4. The molecule has 15 heteroatoms. The van der Waals surface area contributed by atoms with Crippen molar-refractivity contribution in [2.45, 2.75) is 52.1 Å². The SMILES string of the molecule is COc1cc(C=O)cc(OC)c1OC(C)C.COc1ccc(C2(O)OC(=O)C(c3ccc4nsnc4c3)=C2Cc2cc(OC)c(OC(C)C)c(OC)c2)cc1F. The number of hydrogen-bond acceptors (Lipinski definition) is 14. The van der Waals surface area contributed by atoms with Crippen LogP contribution in [0.2, 0.25) is 0 Å². The van der Waals surface area contributed by atoms with Gasteiger partial charge in [-0.25, -0.2) is 9.18 Å². The number of halogens is 1. The fourth-order valence-electron chi connectivity index (χ4n) is 6.00. The van der Waals surface area contributed by atoms with Gasteiger partial charge in [0, 0.05) is 23.1 Å². The molecular formula is C41H43FN2O11S. The standard InChI is InChI=1S/C29H27FN2O7S.C12H16O4/c1-15(2)38-27-24(36-4)11-16(12-25(27)37-5)10-19-26(17-6-8-21-22(13-17)32-40-31-21)28(33)39-29(19,34)18-7-9-23(35-3)20(30)14-18;1-8(2)16-12-10(14-3)5-9(7-13)6-11(12)15-4/h6-9,11-15,34H,10H2,1-5H3;5-8H,1-4H3. The lowest BCUT2D eigenvalue weighted by atomic mass is 9.87. The van der Waals surface area contributed by atoms with Gasteiger partial charge in [-0.1, -0.05) is 6.07 Å². The van der Waals surface area contributed by atoms with Crippen molar-refractivity contribution in [3.8, 4) is 40.2 Å². The highest BCUT2D eigenvalue weighted by atomic mass is 32.1. The van der Waals surface area contributed by atoms with Crippen LogP contribution >= 0.6 is 11.7 Å². The van der Waals surface area contributed by atoms with Crippen molar-refractivity contribution in [1.82, 2.24) is 8.75 Å². The summed E-state index contributed by atoms with van der Waals surface area (Å²) in [5.74, 6) is -1.03. The molecular weight excluding hydrogens is 748 g/mol. The Morgan fingerprint density at radius 3 is 1.79 bits per heavy atom. The van der Waals surface area contributed by atoms with Gasteiger partial charge >= 0.3 is 5.97 Å². The van der Waals surface area contributed by atoms with E-state index in [0.717, 1.165) is 24.1 Å². The number of carbonyl (C=O) groups excluding carboxylic acids is 2. The summed E-state index contributed by atoms with van der Waals surface area (Å²) in [6.45, 7) is 7.58. The van der Waals surface area contributed by atoms with Crippen LogP contribution in [0.25, 0.3) is 16.6 Å². The first-order chi connectivity index (χ1) is 26.8. The van der Waals surface area contributed by atoms with Gasteiger partial charge in [-0.2, -0.15) is 8.75 Å². The Bertz CT molecular complexity index is 2200. The predicted molar refractivity (Wildman–Crippen MR) is 207 cm³/mol. The van der Waals surface area contributed by atoms with Crippen LogP contribution in [0.4, 0.5) is 4.39 Å². The smallest absolute Gasteiger partial charge is 0.342 e. The number of methoxy groups -OCH3 is 5. The zero-order chi connectivity index (χ0) is 40.7. The number of hydrogen-bond donors (Lipinski definition) is 1. The summed E-state index contributed by atoms with van der Waals surface area (Å²) in [5.41, 5.74) is 3.21. The lowest BCUT2D eigenvalue weighted by molar-refractivity contribution is -0.185. The Balaban J connectivity index is 0.000000315. The van der Waals surface area contributed by atoms with E-state index in [0.29, 0.717) is 62.2 Å². The third-order valence-corrected chi connectivity index (χ3v) is 9.02. The number of ether oxygens (including phenoxy) is 8. The molecule has 0 spiro atoms. The molecule has 0 saturated carbocycles. The first-order valence-electron chi connectivity index (χ1n) is 17.4. The normalized spacial score (nSPS) is 15.0. The molecule has 0 radical (unpaired) electrons. The van der Waals surface area contributed by atoms with Crippen LogP contribution in [0.3, 0.4) is 0 Å². The second-order valence-corrected chi connectivity index (χ2v) is 13.4. The van der Waals surface area contributed by atoms with E-state index in [2.05, 4.69) is 8.75 Å². The number of nitrogens with zero attached hydrogens (tertiary/aromatic N) is 2. The molecule has 0 amide bonds. The number of aldehydes is 1. The second kappa shape index (κ2) is 17.7. The van der Waals surface area contributed by atoms with Gasteiger partial charge in [-0.05, 0) is 93.4 Å². The van der Waals surface area contributed by atoms with Gasteiger partial charge < -0.3 is 43.0 Å². The molecule has 1 aromatic heterocycles. The summed E-state index contributed by atoms with van der Waals surface area (Å²) in [6, 6.07) is 15.8. The minimum Gasteiger partial charge on any atom is -0.494 e. The van der Waals surface area contributed by atoms with Gasteiger partial charge in [0.2, 0.25) is 11.5 Å². The van der Waals surface area contributed by atoms with E-state index in [4.69, 9.17) is 37.9 Å². The molecule has 1 aliphatic rings. The van der Waals surface area contributed by atoms with Crippen molar-refractivity contribution in [2.24, 2.45) is 0 Å². The predicted octanol–water partition coefficient (Wildman–Crippen LogP) is 7.35. The van der Waals surface area contributed by atoms with Gasteiger partial charge in [0.1, 0.15) is 17.3 Å². The minimum absolute atomic E-state index is 0.00452. The molecule has 0 bridgehead atoms. The van der Waals surface area contributed by atoms with Crippen LogP contribution in [0.15, 0.2) is 66.2 Å². The topological polar surface area (TPSA) is 154 Å². The van der Waals surface area contributed by atoms with Crippen LogP contribution in [0.1, 0.15) is 54.7 Å². The van der Waals surface area contributed by atoms with E-state index in [9.17, 15) is 19.1 Å². The van der Waals surface area contributed by atoms with E-state index < -0.39 is 17.6 Å². The molecule has 296 valence electrons. The molecule has 0 aliphatic carbocycles. The number of benzene rings is 4. The molecule has 1 atom stereocenters. The number of aliphatic hydroxyl groups is 1. The van der Waals surface area contributed by atoms with Crippen molar-refractivity contribution < 1.29 is 57.0 Å². The molecule has 4 aromatic carbocycles. The summed E-state index contributed by atoms with van der Waals surface area (Å²) in [7, 11) is 7.40. The van der Waals surface area contributed by atoms with Crippen molar-refractivity contribution >= 4 is 40.6 Å². The van der Waals surface area contributed by atoms with Crippen molar-refractivity contribution in [3.05, 3.63) is 94.3 Å². The summed E-state index contributed by atoms with van der Waals surface area (Å²) in [6.07, 6.45) is 0.621. The third kappa shape index (κ3) is 8.63. The Morgan fingerprint density at radius 2 is 1.29 bits per heavy atom. The van der Waals surface area contributed by atoms with Gasteiger partial charge in [-0.15, -0.1) is 0 Å². The summed E-state index contributed by atoms with van der Waals surface area (Å²) in [5, 5.41) is 12.0. The third-order valence-electron chi connectivity index (χ3n) is 8.47. The quantitative estimate of drug-likeness (QED) is 0.0882. The fraction of sp³-hybridized carbons (Fsp3) is 0.317. The van der Waals surface area contributed by atoms with E-state index in [1.807, 2.05) is 27.7 Å². The lowest BCUT2D eigenvalue weighted by Gasteiger charge is -2.26. The van der Waals surface area contributed by atoms with Gasteiger partial charge in [0.25, 0.3) is 5.79 Å². The molecule has 56 heavy (non-hydrogen) atoms. The molecule has 1 aliphatic heterocycles. The molecule has 5 aromatic rings. The van der Waals surface area contributed by atoms with Crippen LogP contribution in [-0.2, 0) is 21.7 Å². The highest BCUT2D eigenvalue weighted by Crippen LogP contribution is 2.47. The van der Waals surface area contributed by atoms with Crippen LogP contribution in [0.5, 0.6) is 40.2 Å². The zero-order valence-corrected chi connectivity index (χ0v) is 33.2. The van der Waals surface area contributed by atoms with Crippen molar-refractivity contribution in [3.63, 3.8) is 0 Å². The van der Waals surface area contributed by atoms with E-state index in [1.165, 1.54) is 47.7 Å². The maximum Gasteiger partial charge on any atom is 0.342 e. The first-order valence-corrected chi connectivity index (χ1v) is 18.1. The van der Waals surface area contributed by atoms with Gasteiger partial charge in [-0.3, -0.25) is 4.79 Å². The number of rotatable bonds is 14. The number of carbonyl (C=O) groups is 2. The van der Waals surface area contributed by atoms with E-state index in [-0.39, 0.29) is 41.1 Å². The Morgan fingerprint density at radius 1 is 0.750 bits per heavy atom. The minimum atomic E-state index is -2.28. The van der Waals surface area contributed by atoms with Crippen molar-refractivity contribution in [2.75, 3.05) is 35.5 Å². The van der Waals surface area contributed by atoms with Crippen LogP contribution in [0, 0.1) is 5.82 Å². The summed E-state index contributed by atoms with van der Waals surface area (Å²) < 4.78 is 66.9. The Hall–Kier alpha value is -5.93. The average molecular weight is 791 g/mol. The van der Waals surface area contributed by atoms with Crippen LogP contribution < -0.4 is 33.2 Å². The fourth-order valence-corrected chi connectivity index (χ4v) is 6.52. The number of fused-ring (bicyclic) bond motifs is 1. The maximum atomic E-state index is 14.8. The van der Waals surface area contributed by atoms with Gasteiger partial charge in [0.15, 0.2) is 34.6 Å². The summed E-state index contributed by atoms with van der Waals surface area (Å²) >= 11 is 1.05. The van der Waals surface area contributed by atoms with E-state index >= 15 is 0 Å². The largest absolute Gasteiger partial charge is 0.494 e. The molecule has 0 fully saturated rings. The second-order valence-electron chi connectivity index (χ2n) is 12.9. The average Bonchev–Trinajstić information content (AvgIpc) is 3.75. The molecule has 2 heterocycles. The van der Waals surface area contributed by atoms with Crippen LogP contribution in [-0.4, -0.2) is 73.9 Å². The molecule has 13 nitrogen and oxygen atoms in total. The lowest BCUT2D eigenvalue weighted by Crippen LogP contribution is -2.30. The first kappa shape index (κ1) is 41.2. The number of esters is 1. The van der Waals surface area contributed by atoms with E-state index in [1.54, 1.807) is 42.5 Å². The number of aromatic nitrogens is 2. The Kier molecular flexibility index (Phi) is 13.0. The van der Waals surface area contributed by atoms with Crippen molar-refractivity contribution in [1.29, 1.82) is 0 Å². The van der Waals surface area contributed by atoms with Gasteiger partial charge in [0.05, 0.1) is 65.1 Å². The molecule has 1 unspecified atom stereocenters. The monoisotopic (exact) mass is 790 g/mol. The molecule has 1 N–H and O–H groups in total.